The van der Waals surface area contributed by atoms with Gasteiger partial charge in [-0.3, -0.25) is 9.59 Å². The van der Waals surface area contributed by atoms with Crippen molar-refractivity contribution in [3.63, 3.8) is 0 Å². The predicted octanol–water partition coefficient (Wildman–Crippen LogP) is 3.17. The first-order valence-corrected chi connectivity index (χ1v) is 10.5. The maximum absolute atomic E-state index is 16.9. The molecule has 0 aromatic rings. The minimum Gasteiger partial charge on any atom is -0.388 e. The van der Waals surface area contributed by atoms with Crippen molar-refractivity contribution in [2.75, 3.05) is 6.61 Å². The maximum atomic E-state index is 16.9. The topological polar surface area (TPSA) is 74.6 Å². The molecule has 28 heavy (non-hydrogen) atoms. The predicted molar refractivity (Wildman–Crippen MR) is 103 cm³/mol. The standard InChI is InChI=1S/C23H31FO4/c1-13-9-18-17-10-14(2)23(28,19(27)12-25)21(17,4)7-8-22(18,24)20(3)6-5-15(26)11-16(13)20/h7-8,11,13-14,17-18,25,28H,5-6,9-10,12H2,1-4H3/t13?,14?,17-,18-,20-,21-,22+,23-/m0/s1. The molecular weight excluding hydrogens is 359 g/mol. The van der Waals surface area contributed by atoms with Gasteiger partial charge in [0.1, 0.15) is 17.9 Å². The number of fused-ring (bicyclic) bond motifs is 5. The molecule has 0 aromatic heterocycles. The zero-order valence-electron chi connectivity index (χ0n) is 17.2. The van der Waals surface area contributed by atoms with Gasteiger partial charge in [0, 0.05) is 23.2 Å². The Morgan fingerprint density at radius 3 is 2.54 bits per heavy atom. The number of halogens is 1. The second kappa shape index (κ2) is 5.85. The molecule has 2 fully saturated rings. The first kappa shape index (κ1) is 20.0. The molecular formula is C23H31FO4. The first-order valence-electron chi connectivity index (χ1n) is 10.5. The van der Waals surface area contributed by atoms with Crippen LogP contribution in [0.5, 0.6) is 0 Å². The summed E-state index contributed by atoms with van der Waals surface area (Å²) < 4.78 is 16.9. The van der Waals surface area contributed by atoms with Crippen LogP contribution in [0.2, 0.25) is 0 Å². The van der Waals surface area contributed by atoms with E-state index in [1.807, 2.05) is 20.8 Å². The quantitative estimate of drug-likeness (QED) is 0.710. The summed E-state index contributed by atoms with van der Waals surface area (Å²) in [6.45, 7) is 6.94. The number of alkyl halides is 1. The van der Waals surface area contributed by atoms with Crippen molar-refractivity contribution >= 4 is 11.6 Å². The number of carbonyl (C=O) groups is 2. The highest BCUT2D eigenvalue weighted by atomic mass is 19.1. The number of aliphatic hydroxyl groups excluding tert-OH is 1. The lowest BCUT2D eigenvalue weighted by molar-refractivity contribution is -0.161. The number of hydrogen-bond acceptors (Lipinski definition) is 4. The molecule has 8 atom stereocenters. The van der Waals surface area contributed by atoms with Crippen LogP contribution in [0.3, 0.4) is 0 Å². The van der Waals surface area contributed by atoms with E-state index in [4.69, 9.17) is 0 Å². The average Bonchev–Trinajstić information content (AvgIpc) is 2.86. The van der Waals surface area contributed by atoms with Crippen molar-refractivity contribution < 1.29 is 24.2 Å². The molecule has 2 saturated carbocycles. The van der Waals surface area contributed by atoms with Gasteiger partial charge in [-0.2, -0.15) is 0 Å². The summed E-state index contributed by atoms with van der Waals surface area (Å²) in [4.78, 5) is 24.6. The van der Waals surface area contributed by atoms with Crippen LogP contribution in [0, 0.1) is 34.5 Å². The Hall–Kier alpha value is -1.33. The van der Waals surface area contributed by atoms with Crippen LogP contribution >= 0.6 is 0 Å². The number of carbonyl (C=O) groups excluding carboxylic acids is 2. The highest BCUT2D eigenvalue weighted by Crippen LogP contribution is 2.69. The molecule has 4 aliphatic rings. The van der Waals surface area contributed by atoms with E-state index in [9.17, 15) is 19.8 Å². The molecule has 4 rings (SSSR count). The second-order valence-electron chi connectivity index (χ2n) is 10.1. The van der Waals surface area contributed by atoms with Crippen LogP contribution in [0.25, 0.3) is 0 Å². The van der Waals surface area contributed by atoms with E-state index in [0.717, 1.165) is 5.57 Å². The van der Waals surface area contributed by atoms with Crippen molar-refractivity contribution in [3.8, 4) is 0 Å². The number of aliphatic hydroxyl groups is 2. The molecule has 0 saturated heterocycles. The fraction of sp³-hybridized carbons (Fsp3) is 0.739. The lowest BCUT2D eigenvalue weighted by Crippen LogP contribution is -2.63. The Morgan fingerprint density at radius 2 is 1.89 bits per heavy atom. The first-order chi connectivity index (χ1) is 13.0. The molecule has 4 aliphatic carbocycles. The Labute approximate surface area is 165 Å². The molecule has 0 heterocycles. The van der Waals surface area contributed by atoms with Crippen LogP contribution in [-0.4, -0.2) is 39.7 Å². The van der Waals surface area contributed by atoms with E-state index >= 15 is 4.39 Å². The zero-order valence-corrected chi connectivity index (χ0v) is 17.2. The molecule has 0 aromatic carbocycles. The van der Waals surface area contributed by atoms with Gasteiger partial charge in [-0.25, -0.2) is 4.39 Å². The molecule has 2 unspecified atom stereocenters. The fourth-order valence-corrected chi connectivity index (χ4v) is 7.31. The van der Waals surface area contributed by atoms with Gasteiger partial charge in [-0.05, 0) is 49.2 Å². The summed E-state index contributed by atoms with van der Waals surface area (Å²) in [7, 11) is 0. The van der Waals surface area contributed by atoms with Crippen LogP contribution in [0.1, 0.15) is 53.4 Å². The molecule has 0 radical (unpaired) electrons. The van der Waals surface area contributed by atoms with Gasteiger partial charge in [0.05, 0.1) is 0 Å². The lowest BCUT2D eigenvalue weighted by Gasteiger charge is -2.60. The summed E-state index contributed by atoms with van der Waals surface area (Å²) in [6, 6.07) is 0. The third kappa shape index (κ3) is 2.07. The van der Waals surface area contributed by atoms with Gasteiger partial charge >= 0.3 is 0 Å². The van der Waals surface area contributed by atoms with Crippen molar-refractivity contribution in [1.82, 2.24) is 0 Å². The van der Waals surface area contributed by atoms with E-state index in [-0.39, 0.29) is 29.5 Å². The summed E-state index contributed by atoms with van der Waals surface area (Å²) in [5.74, 6) is -1.32. The van der Waals surface area contributed by atoms with Crippen molar-refractivity contribution in [1.29, 1.82) is 0 Å². The fourth-order valence-electron chi connectivity index (χ4n) is 7.31. The average molecular weight is 390 g/mol. The van der Waals surface area contributed by atoms with Gasteiger partial charge in [0.25, 0.3) is 0 Å². The van der Waals surface area contributed by atoms with E-state index < -0.39 is 34.5 Å². The number of allylic oxidation sites excluding steroid dienone is 3. The molecule has 5 heteroatoms. The van der Waals surface area contributed by atoms with Crippen LogP contribution in [-0.2, 0) is 9.59 Å². The molecule has 0 bridgehead atoms. The van der Waals surface area contributed by atoms with Crippen molar-refractivity contribution in [2.24, 2.45) is 34.5 Å². The zero-order chi connectivity index (χ0) is 20.7. The Bertz CT molecular complexity index is 802. The highest BCUT2D eigenvalue weighted by Gasteiger charge is 2.71. The Balaban J connectivity index is 1.87. The summed E-state index contributed by atoms with van der Waals surface area (Å²) in [5.41, 5.74) is -4.04. The van der Waals surface area contributed by atoms with Crippen LogP contribution in [0.15, 0.2) is 23.8 Å². The molecule has 0 amide bonds. The van der Waals surface area contributed by atoms with E-state index in [1.54, 1.807) is 18.2 Å². The second-order valence-corrected chi connectivity index (χ2v) is 10.1. The van der Waals surface area contributed by atoms with Crippen LogP contribution < -0.4 is 0 Å². The van der Waals surface area contributed by atoms with E-state index in [1.165, 1.54) is 0 Å². The van der Waals surface area contributed by atoms with Gasteiger partial charge in [-0.15, -0.1) is 0 Å². The SMILES string of the molecule is CC1C[C@H]2[C@@H]3CC(C)[C@](O)(C(=O)CO)[C@@]3(C)C=C[C@]2(F)[C@@]2(C)CCC(=O)C=C12. The normalized spacial score (nSPS) is 52.5. The third-order valence-corrected chi connectivity index (χ3v) is 8.99. The van der Waals surface area contributed by atoms with Gasteiger partial charge in [0.15, 0.2) is 11.6 Å². The molecule has 2 N–H and O–H groups in total. The number of rotatable bonds is 2. The summed E-state index contributed by atoms with van der Waals surface area (Å²) >= 11 is 0. The largest absolute Gasteiger partial charge is 0.388 e. The molecule has 154 valence electrons. The lowest BCUT2D eigenvalue weighted by atomic mass is 9.45. The van der Waals surface area contributed by atoms with Crippen molar-refractivity contribution in [3.05, 3.63) is 23.8 Å². The molecule has 0 spiro atoms. The smallest absolute Gasteiger partial charge is 0.190 e. The van der Waals surface area contributed by atoms with Gasteiger partial charge in [0.2, 0.25) is 0 Å². The molecule has 4 nitrogen and oxygen atoms in total. The molecule has 0 aliphatic heterocycles. The number of hydrogen-bond donors (Lipinski definition) is 2. The van der Waals surface area contributed by atoms with Crippen LogP contribution in [0.4, 0.5) is 4.39 Å². The summed E-state index contributed by atoms with van der Waals surface area (Å²) in [5, 5.41) is 20.9. The van der Waals surface area contributed by atoms with Gasteiger partial charge < -0.3 is 10.2 Å². The Morgan fingerprint density at radius 1 is 1.21 bits per heavy atom. The number of ketones is 2. The van der Waals surface area contributed by atoms with E-state index in [0.29, 0.717) is 25.7 Å². The van der Waals surface area contributed by atoms with Gasteiger partial charge in [-0.1, -0.05) is 39.3 Å². The highest BCUT2D eigenvalue weighted by molar-refractivity contribution is 5.92. The minimum atomic E-state index is -1.69. The maximum Gasteiger partial charge on any atom is 0.190 e. The Kier molecular flexibility index (Phi) is 4.17. The minimum absolute atomic E-state index is 0.0726. The number of Topliss-reactive ketones (excluding diaryl/α,β-unsaturated/α-hetero) is 1. The third-order valence-electron chi connectivity index (χ3n) is 8.99. The monoisotopic (exact) mass is 390 g/mol. The summed E-state index contributed by atoms with van der Waals surface area (Å²) in [6.07, 6.45) is 6.92. The van der Waals surface area contributed by atoms with Crippen molar-refractivity contribution in [2.45, 2.75) is 64.6 Å². The van der Waals surface area contributed by atoms with E-state index in [2.05, 4.69) is 6.92 Å².